The van der Waals surface area contributed by atoms with Crippen LogP contribution < -0.4 is 10.1 Å². The smallest absolute Gasteiger partial charge is 0.258 e. The van der Waals surface area contributed by atoms with Gasteiger partial charge in [0.2, 0.25) is 0 Å². The second-order valence-electron chi connectivity index (χ2n) is 4.95. The number of rotatable bonds is 4. The van der Waals surface area contributed by atoms with Crippen molar-refractivity contribution in [1.82, 2.24) is 9.78 Å². The fourth-order valence-electron chi connectivity index (χ4n) is 2.15. The lowest BCUT2D eigenvalue weighted by molar-refractivity contribution is 0.102. The predicted octanol–water partition coefficient (Wildman–Crippen LogP) is 4.44. The molecule has 24 heavy (non-hydrogen) atoms. The number of aromatic nitrogens is 2. The summed E-state index contributed by atoms with van der Waals surface area (Å²) in [5.41, 5.74) is 1.71. The first-order chi connectivity index (χ1) is 11.6. The molecule has 0 radical (unpaired) electrons. The summed E-state index contributed by atoms with van der Waals surface area (Å²) >= 11 is 11.8. The molecule has 1 heterocycles. The quantitative estimate of drug-likeness (QED) is 0.747. The lowest BCUT2D eigenvalue weighted by atomic mass is 10.2. The van der Waals surface area contributed by atoms with Crippen LogP contribution in [0.3, 0.4) is 0 Å². The average Bonchev–Trinajstić information content (AvgIpc) is 3.06. The molecule has 0 saturated heterocycles. The van der Waals surface area contributed by atoms with Gasteiger partial charge in [-0.05, 0) is 42.5 Å². The number of carbonyl (C=O) groups is 1. The molecule has 1 amide bonds. The molecule has 0 atom stereocenters. The Hall–Kier alpha value is -2.50. The number of nitrogens with zero attached hydrogens (tertiary/aromatic N) is 2. The van der Waals surface area contributed by atoms with E-state index < -0.39 is 0 Å². The average molecular weight is 362 g/mol. The molecule has 0 spiro atoms. The molecule has 1 N–H and O–H groups in total. The molecule has 1 aromatic heterocycles. The Morgan fingerprint density at radius 2 is 1.83 bits per heavy atom. The molecule has 0 bridgehead atoms. The van der Waals surface area contributed by atoms with E-state index in [1.165, 1.54) is 13.3 Å². The molecule has 0 aliphatic rings. The number of halogens is 2. The summed E-state index contributed by atoms with van der Waals surface area (Å²) in [7, 11) is 1.53. The van der Waals surface area contributed by atoms with E-state index in [4.69, 9.17) is 27.9 Å². The molecule has 0 aliphatic carbocycles. The highest BCUT2D eigenvalue weighted by atomic mass is 35.5. The molecule has 2 aromatic carbocycles. The van der Waals surface area contributed by atoms with Gasteiger partial charge in [-0.25, -0.2) is 4.68 Å². The van der Waals surface area contributed by atoms with Crippen molar-refractivity contribution in [2.75, 3.05) is 12.4 Å². The molecular formula is C17H13Cl2N3O2. The molecule has 0 fully saturated rings. The first kappa shape index (κ1) is 16.4. The Labute approximate surface area is 148 Å². The van der Waals surface area contributed by atoms with Gasteiger partial charge in [-0.3, -0.25) is 4.79 Å². The Morgan fingerprint density at radius 1 is 1.12 bits per heavy atom. The highest BCUT2D eigenvalue weighted by molar-refractivity contribution is 6.31. The minimum atomic E-state index is -0.309. The summed E-state index contributed by atoms with van der Waals surface area (Å²) in [5.74, 6) is 0.216. The first-order valence-electron chi connectivity index (χ1n) is 7.02. The minimum Gasteiger partial charge on any atom is -0.495 e. The number of benzene rings is 2. The van der Waals surface area contributed by atoms with Gasteiger partial charge in [0, 0.05) is 16.2 Å². The van der Waals surface area contributed by atoms with Gasteiger partial charge in [0.1, 0.15) is 5.75 Å². The predicted molar refractivity (Wildman–Crippen MR) is 94.5 cm³/mol. The zero-order chi connectivity index (χ0) is 17.1. The van der Waals surface area contributed by atoms with Crippen LogP contribution in [0.2, 0.25) is 10.0 Å². The Morgan fingerprint density at radius 3 is 2.54 bits per heavy atom. The van der Waals surface area contributed by atoms with Crippen molar-refractivity contribution in [2.24, 2.45) is 0 Å². The van der Waals surface area contributed by atoms with Gasteiger partial charge >= 0.3 is 0 Å². The zero-order valence-corrected chi connectivity index (χ0v) is 14.2. The molecule has 5 nitrogen and oxygen atoms in total. The number of hydrogen-bond acceptors (Lipinski definition) is 3. The lowest BCUT2D eigenvalue weighted by Crippen LogP contribution is -2.12. The summed E-state index contributed by atoms with van der Waals surface area (Å²) < 4.78 is 6.81. The normalized spacial score (nSPS) is 10.5. The third-order valence-electron chi connectivity index (χ3n) is 3.35. The van der Waals surface area contributed by atoms with E-state index >= 15 is 0 Å². The van der Waals surface area contributed by atoms with Crippen LogP contribution in [-0.4, -0.2) is 22.8 Å². The summed E-state index contributed by atoms with van der Waals surface area (Å²) in [5, 5.41) is 8.10. The van der Waals surface area contributed by atoms with E-state index in [-0.39, 0.29) is 5.91 Å². The van der Waals surface area contributed by atoms with E-state index in [0.717, 1.165) is 5.69 Å². The summed E-state index contributed by atoms with van der Waals surface area (Å²) in [4.78, 5) is 12.4. The minimum absolute atomic E-state index is 0.309. The van der Waals surface area contributed by atoms with Crippen molar-refractivity contribution < 1.29 is 9.53 Å². The van der Waals surface area contributed by atoms with Crippen LogP contribution in [0.5, 0.6) is 5.75 Å². The van der Waals surface area contributed by atoms with Crippen molar-refractivity contribution in [2.45, 2.75) is 0 Å². The third kappa shape index (κ3) is 3.53. The molecule has 7 heteroatoms. The van der Waals surface area contributed by atoms with E-state index in [9.17, 15) is 4.79 Å². The van der Waals surface area contributed by atoms with E-state index in [0.29, 0.717) is 27.0 Å². The molecule has 122 valence electrons. The first-order valence-corrected chi connectivity index (χ1v) is 7.78. The van der Waals surface area contributed by atoms with Gasteiger partial charge in [0.05, 0.1) is 30.2 Å². The van der Waals surface area contributed by atoms with Gasteiger partial charge in [-0.2, -0.15) is 5.10 Å². The molecule has 0 aliphatic heterocycles. The Balaban J connectivity index is 1.81. The molecule has 0 saturated carbocycles. The van der Waals surface area contributed by atoms with Gasteiger partial charge in [0.25, 0.3) is 5.91 Å². The number of methoxy groups -OCH3 is 1. The van der Waals surface area contributed by atoms with Gasteiger partial charge < -0.3 is 10.1 Å². The number of ether oxygens (including phenoxy) is 1. The number of nitrogens with one attached hydrogen (secondary N) is 1. The van der Waals surface area contributed by atoms with Crippen LogP contribution in [0, 0.1) is 0 Å². The van der Waals surface area contributed by atoms with Crippen molar-refractivity contribution in [3.05, 3.63) is 70.5 Å². The van der Waals surface area contributed by atoms with Crippen LogP contribution >= 0.6 is 23.2 Å². The van der Waals surface area contributed by atoms with Gasteiger partial charge in [0.15, 0.2) is 0 Å². The molecule has 0 unspecified atom stereocenters. The van der Waals surface area contributed by atoms with Crippen LogP contribution in [0.25, 0.3) is 5.69 Å². The Kier molecular flexibility index (Phi) is 4.74. The standard InChI is InChI=1S/C17H13Cl2N3O2/c1-24-16-7-4-13(19)8-15(16)21-17(23)11-9-20-22(10-11)14-5-2-12(18)3-6-14/h2-10H,1H3,(H,21,23). The molecular weight excluding hydrogens is 349 g/mol. The maximum atomic E-state index is 12.4. The zero-order valence-electron chi connectivity index (χ0n) is 12.7. The van der Waals surface area contributed by atoms with Gasteiger partial charge in [-0.1, -0.05) is 23.2 Å². The lowest BCUT2D eigenvalue weighted by Gasteiger charge is -2.09. The topological polar surface area (TPSA) is 56.1 Å². The molecule has 3 rings (SSSR count). The SMILES string of the molecule is COc1ccc(Cl)cc1NC(=O)c1cnn(-c2ccc(Cl)cc2)c1. The fraction of sp³-hybridized carbons (Fsp3) is 0.0588. The molecule has 3 aromatic rings. The van der Waals surface area contributed by atoms with Crippen molar-refractivity contribution >= 4 is 34.8 Å². The van der Waals surface area contributed by atoms with Crippen molar-refractivity contribution in [3.8, 4) is 11.4 Å². The monoisotopic (exact) mass is 361 g/mol. The third-order valence-corrected chi connectivity index (χ3v) is 3.83. The Bertz CT molecular complexity index is 876. The summed E-state index contributed by atoms with van der Waals surface area (Å²) in [6.45, 7) is 0. The van der Waals surface area contributed by atoms with E-state index in [1.54, 1.807) is 41.2 Å². The van der Waals surface area contributed by atoms with Gasteiger partial charge in [-0.15, -0.1) is 0 Å². The number of amides is 1. The summed E-state index contributed by atoms with van der Waals surface area (Å²) in [6.07, 6.45) is 3.12. The van der Waals surface area contributed by atoms with E-state index in [1.807, 2.05) is 12.1 Å². The summed E-state index contributed by atoms with van der Waals surface area (Å²) in [6, 6.07) is 12.2. The van der Waals surface area contributed by atoms with Crippen LogP contribution in [0.1, 0.15) is 10.4 Å². The van der Waals surface area contributed by atoms with Crippen molar-refractivity contribution in [1.29, 1.82) is 0 Å². The number of hydrogen-bond donors (Lipinski definition) is 1. The fourth-order valence-corrected chi connectivity index (χ4v) is 2.45. The highest BCUT2D eigenvalue weighted by Gasteiger charge is 2.13. The number of anilines is 1. The van der Waals surface area contributed by atoms with Crippen LogP contribution in [0.4, 0.5) is 5.69 Å². The van der Waals surface area contributed by atoms with Crippen LogP contribution in [-0.2, 0) is 0 Å². The highest BCUT2D eigenvalue weighted by Crippen LogP contribution is 2.28. The largest absolute Gasteiger partial charge is 0.495 e. The van der Waals surface area contributed by atoms with E-state index in [2.05, 4.69) is 10.4 Å². The van der Waals surface area contributed by atoms with Crippen LogP contribution in [0.15, 0.2) is 54.9 Å². The maximum Gasteiger partial charge on any atom is 0.258 e. The second kappa shape index (κ2) is 6.95. The maximum absolute atomic E-state index is 12.4. The van der Waals surface area contributed by atoms with Crippen molar-refractivity contribution in [3.63, 3.8) is 0 Å². The number of carbonyl (C=O) groups excluding carboxylic acids is 1. The second-order valence-corrected chi connectivity index (χ2v) is 5.82.